The van der Waals surface area contributed by atoms with Crippen LogP contribution in [0.5, 0.6) is 0 Å². The maximum absolute atomic E-state index is 14.1. The van der Waals surface area contributed by atoms with Crippen molar-refractivity contribution >= 4 is 17.3 Å². The first-order valence-electron chi connectivity index (χ1n) is 12.4. The molecular formula is C27H37FN4O. The van der Waals surface area contributed by atoms with Crippen molar-refractivity contribution < 1.29 is 9.18 Å². The minimum Gasteiger partial charge on any atom is -0.372 e. The van der Waals surface area contributed by atoms with Crippen LogP contribution >= 0.6 is 0 Å². The number of amides is 1. The first-order chi connectivity index (χ1) is 16.1. The first-order valence-corrected chi connectivity index (χ1v) is 12.4. The van der Waals surface area contributed by atoms with Crippen molar-refractivity contribution in [1.82, 2.24) is 9.80 Å². The highest BCUT2D eigenvalue weighted by atomic mass is 19.1. The maximum atomic E-state index is 14.1. The predicted octanol–water partition coefficient (Wildman–Crippen LogP) is 4.23. The third kappa shape index (κ3) is 5.67. The highest BCUT2D eigenvalue weighted by Gasteiger charge is 2.30. The fraction of sp³-hybridized carbons (Fsp3) is 0.519. The molecule has 0 aliphatic carbocycles. The summed E-state index contributed by atoms with van der Waals surface area (Å²) in [4.78, 5) is 22.0. The largest absolute Gasteiger partial charge is 0.372 e. The van der Waals surface area contributed by atoms with Gasteiger partial charge < -0.3 is 14.7 Å². The van der Waals surface area contributed by atoms with Crippen LogP contribution in [0.15, 0.2) is 48.5 Å². The number of piperazine rings is 1. The Morgan fingerprint density at radius 1 is 0.909 bits per heavy atom. The van der Waals surface area contributed by atoms with Gasteiger partial charge in [-0.3, -0.25) is 9.69 Å². The van der Waals surface area contributed by atoms with Crippen molar-refractivity contribution in [3.63, 3.8) is 0 Å². The van der Waals surface area contributed by atoms with Gasteiger partial charge >= 0.3 is 0 Å². The van der Waals surface area contributed by atoms with Gasteiger partial charge in [-0.05, 0) is 69.6 Å². The summed E-state index contributed by atoms with van der Waals surface area (Å²) in [5.41, 5.74) is 3.26. The van der Waals surface area contributed by atoms with E-state index >= 15 is 0 Å². The molecule has 0 aromatic heterocycles. The Morgan fingerprint density at radius 3 is 2.15 bits per heavy atom. The molecule has 1 amide bonds. The lowest BCUT2D eigenvalue weighted by Gasteiger charge is -2.39. The summed E-state index contributed by atoms with van der Waals surface area (Å²) in [5.74, 6) is 0.213. The van der Waals surface area contributed by atoms with E-state index in [-0.39, 0.29) is 17.6 Å². The summed E-state index contributed by atoms with van der Waals surface area (Å²) >= 11 is 0. The number of para-hydroxylation sites is 1. The van der Waals surface area contributed by atoms with Gasteiger partial charge in [0.2, 0.25) is 5.91 Å². The van der Waals surface area contributed by atoms with Crippen LogP contribution in [0.4, 0.5) is 15.8 Å². The molecule has 178 valence electrons. The van der Waals surface area contributed by atoms with Crippen LogP contribution in [0.1, 0.15) is 32.3 Å². The molecule has 2 saturated heterocycles. The van der Waals surface area contributed by atoms with Crippen molar-refractivity contribution in [2.75, 3.05) is 62.2 Å². The van der Waals surface area contributed by atoms with E-state index in [1.54, 1.807) is 6.07 Å². The number of carbonyl (C=O) groups is 1. The SMILES string of the molecule is CCN(CC)c1ccc(CN2CCC(C(=O)N3CCN(c4ccccc4F)CC3)CC2)cc1. The van der Waals surface area contributed by atoms with Crippen LogP contribution in [0.2, 0.25) is 0 Å². The van der Waals surface area contributed by atoms with E-state index in [1.807, 2.05) is 21.9 Å². The lowest BCUT2D eigenvalue weighted by Crippen LogP contribution is -2.51. The molecule has 0 bridgehead atoms. The zero-order valence-corrected chi connectivity index (χ0v) is 20.0. The van der Waals surface area contributed by atoms with Crippen molar-refractivity contribution in [1.29, 1.82) is 0 Å². The Hall–Kier alpha value is -2.60. The van der Waals surface area contributed by atoms with E-state index < -0.39 is 0 Å². The fourth-order valence-corrected chi connectivity index (χ4v) is 5.13. The standard InChI is InChI=1S/C27H37FN4O/c1-3-30(4-2)24-11-9-22(10-12-24)21-29-15-13-23(14-16-29)27(33)32-19-17-31(18-20-32)26-8-6-5-7-25(26)28/h5-12,23H,3-4,13-21H2,1-2H3. The van der Waals surface area contributed by atoms with Crippen LogP contribution in [-0.2, 0) is 11.3 Å². The number of hydrogen-bond acceptors (Lipinski definition) is 4. The van der Waals surface area contributed by atoms with Gasteiger partial charge in [-0.1, -0.05) is 24.3 Å². The number of rotatable bonds is 7. The summed E-state index contributed by atoms with van der Waals surface area (Å²) < 4.78 is 14.1. The molecule has 6 heteroatoms. The fourth-order valence-electron chi connectivity index (χ4n) is 5.13. The monoisotopic (exact) mass is 452 g/mol. The Morgan fingerprint density at radius 2 is 1.55 bits per heavy atom. The van der Waals surface area contributed by atoms with E-state index in [9.17, 15) is 9.18 Å². The molecule has 2 aliphatic rings. The molecule has 4 rings (SSSR count). The molecule has 5 nitrogen and oxygen atoms in total. The van der Waals surface area contributed by atoms with E-state index in [0.29, 0.717) is 31.9 Å². The first kappa shape index (κ1) is 23.6. The maximum Gasteiger partial charge on any atom is 0.225 e. The summed E-state index contributed by atoms with van der Waals surface area (Å²) in [6.45, 7) is 12.0. The van der Waals surface area contributed by atoms with Crippen LogP contribution < -0.4 is 9.80 Å². The molecule has 2 heterocycles. The van der Waals surface area contributed by atoms with E-state index in [1.165, 1.54) is 17.3 Å². The van der Waals surface area contributed by atoms with Crippen molar-refractivity contribution in [2.45, 2.75) is 33.2 Å². The van der Waals surface area contributed by atoms with E-state index in [0.717, 1.165) is 45.6 Å². The lowest BCUT2D eigenvalue weighted by molar-refractivity contribution is -0.137. The highest BCUT2D eigenvalue weighted by Crippen LogP contribution is 2.25. The quantitative estimate of drug-likeness (QED) is 0.629. The number of anilines is 2. The van der Waals surface area contributed by atoms with E-state index in [2.05, 4.69) is 47.9 Å². The van der Waals surface area contributed by atoms with Crippen LogP contribution in [0.25, 0.3) is 0 Å². The van der Waals surface area contributed by atoms with Gasteiger partial charge in [0, 0.05) is 57.4 Å². The molecule has 0 saturated carbocycles. The van der Waals surface area contributed by atoms with E-state index in [4.69, 9.17) is 0 Å². The minimum atomic E-state index is -0.188. The summed E-state index contributed by atoms with van der Waals surface area (Å²) in [7, 11) is 0. The number of halogens is 1. The number of piperidine rings is 1. The predicted molar refractivity (Wildman–Crippen MR) is 133 cm³/mol. The molecule has 0 radical (unpaired) electrons. The van der Waals surface area contributed by atoms with Crippen molar-refractivity contribution in [3.05, 3.63) is 59.9 Å². The topological polar surface area (TPSA) is 30.0 Å². The molecule has 2 aromatic rings. The molecule has 0 unspecified atom stereocenters. The molecule has 2 fully saturated rings. The molecule has 2 aliphatic heterocycles. The Balaban J connectivity index is 1.23. The average Bonchev–Trinajstić information content (AvgIpc) is 2.86. The van der Waals surface area contributed by atoms with Gasteiger partial charge in [-0.25, -0.2) is 4.39 Å². The number of carbonyl (C=O) groups excluding carboxylic acids is 1. The normalized spacial score (nSPS) is 17.9. The molecular weight excluding hydrogens is 415 g/mol. The number of nitrogens with zero attached hydrogens (tertiary/aromatic N) is 4. The van der Waals surface area contributed by atoms with Gasteiger partial charge in [0.25, 0.3) is 0 Å². The zero-order valence-electron chi connectivity index (χ0n) is 20.0. The molecule has 2 aromatic carbocycles. The lowest BCUT2D eigenvalue weighted by atomic mass is 9.94. The summed E-state index contributed by atoms with van der Waals surface area (Å²) in [6, 6.07) is 15.8. The Kier molecular flexibility index (Phi) is 7.86. The second-order valence-electron chi connectivity index (χ2n) is 9.15. The van der Waals surface area contributed by atoms with Gasteiger partial charge in [0.05, 0.1) is 5.69 Å². The van der Waals surface area contributed by atoms with Crippen molar-refractivity contribution in [2.24, 2.45) is 5.92 Å². The highest BCUT2D eigenvalue weighted by molar-refractivity contribution is 5.79. The van der Waals surface area contributed by atoms with Crippen LogP contribution in [0.3, 0.4) is 0 Å². The van der Waals surface area contributed by atoms with Gasteiger partial charge in [-0.2, -0.15) is 0 Å². The summed E-state index contributed by atoms with van der Waals surface area (Å²) in [5, 5.41) is 0. The van der Waals surface area contributed by atoms with Crippen molar-refractivity contribution in [3.8, 4) is 0 Å². The summed E-state index contributed by atoms with van der Waals surface area (Å²) in [6.07, 6.45) is 1.84. The second kappa shape index (κ2) is 11.0. The Labute approximate surface area is 197 Å². The molecule has 33 heavy (non-hydrogen) atoms. The van der Waals surface area contributed by atoms with Crippen LogP contribution in [-0.4, -0.2) is 68.1 Å². The Bertz CT molecular complexity index is 899. The van der Waals surface area contributed by atoms with Gasteiger partial charge in [-0.15, -0.1) is 0 Å². The van der Waals surface area contributed by atoms with Gasteiger partial charge in [0.1, 0.15) is 5.82 Å². The smallest absolute Gasteiger partial charge is 0.225 e. The third-order valence-corrected chi connectivity index (χ3v) is 7.19. The third-order valence-electron chi connectivity index (χ3n) is 7.19. The minimum absolute atomic E-state index is 0.117. The second-order valence-corrected chi connectivity index (χ2v) is 9.15. The molecule has 0 N–H and O–H groups in total. The molecule has 0 spiro atoms. The number of hydrogen-bond donors (Lipinski definition) is 0. The number of likely N-dealkylation sites (tertiary alicyclic amines) is 1. The molecule has 0 atom stereocenters. The average molecular weight is 453 g/mol. The van der Waals surface area contributed by atoms with Gasteiger partial charge in [0.15, 0.2) is 0 Å². The number of benzene rings is 2. The zero-order chi connectivity index (χ0) is 23.2. The van der Waals surface area contributed by atoms with Crippen LogP contribution in [0, 0.1) is 11.7 Å².